The van der Waals surface area contributed by atoms with Gasteiger partial charge in [-0.2, -0.15) is 0 Å². The highest BCUT2D eigenvalue weighted by molar-refractivity contribution is 5.92. The molecule has 0 spiro atoms. The van der Waals surface area contributed by atoms with Crippen LogP contribution in [0.2, 0.25) is 0 Å². The fourth-order valence-corrected chi connectivity index (χ4v) is 1.53. The zero-order valence-electron chi connectivity index (χ0n) is 9.99. The van der Waals surface area contributed by atoms with E-state index in [4.69, 9.17) is 5.73 Å². The first-order chi connectivity index (χ1) is 7.71. The maximum Gasteiger partial charge on any atom is 0.228 e. The van der Waals surface area contributed by atoms with E-state index in [2.05, 4.69) is 12.2 Å². The highest BCUT2D eigenvalue weighted by Gasteiger charge is 2.13. The van der Waals surface area contributed by atoms with Gasteiger partial charge in [0.15, 0.2) is 0 Å². The number of rotatable bonds is 5. The minimum absolute atomic E-state index is 0.00856. The van der Waals surface area contributed by atoms with Crippen LogP contribution in [0.25, 0.3) is 0 Å². The van der Waals surface area contributed by atoms with E-state index in [1.165, 1.54) is 5.56 Å². The third kappa shape index (κ3) is 3.35. The molecule has 0 aromatic heterocycles. The summed E-state index contributed by atoms with van der Waals surface area (Å²) in [6, 6.07) is 7.91. The summed E-state index contributed by atoms with van der Waals surface area (Å²) in [5.74, 6) is -0.0832. The first-order valence-electron chi connectivity index (χ1n) is 5.81. The van der Waals surface area contributed by atoms with Gasteiger partial charge in [-0.3, -0.25) is 4.79 Å². The lowest BCUT2D eigenvalue weighted by molar-refractivity contribution is -0.119. The van der Waals surface area contributed by atoms with Gasteiger partial charge >= 0.3 is 0 Å². The third-order valence-corrected chi connectivity index (χ3v) is 2.78. The number of amides is 1. The molecule has 3 heteroatoms. The Labute approximate surface area is 97.0 Å². The molecule has 0 aliphatic rings. The maximum absolute atomic E-state index is 11.7. The molecule has 0 heterocycles. The van der Waals surface area contributed by atoms with E-state index in [0.29, 0.717) is 6.54 Å². The monoisotopic (exact) mass is 220 g/mol. The molecule has 16 heavy (non-hydrogen) atoms. The summed E-state index contributed by atoms with van der Waals surface area (Å²) in [5, 5.41) is 2.88. The zero-order valence-corrected chi connectivity index (χ0v) is 9.99. The number of aryl methyl sites for hydroxylation is 1. The van der Waals surface area contributed by atoms with Gasteiger partial charge in [-0.15, -0.1) is 0 Å². The quantitative estimate of drug-likeness (QED) is 0.799. The average Bonchev–Trinajstić information content (AvgIpc) is 2.31. The average molecular weight is 220 g/mol. The number of hydrogen-bond donors (Lipinski definition) is 2. The molecule has 0 fully saturated rings. The van der Waals surface area contributed by atoms with E-state index in [9.17, 15) is 4.79 Å². The molecule has 1 amide bonds. The molecule has 0 bridgehead atoms. The Morgan fingerprint density at radius 3 is 2.38 bits per heavy atom. The Balaban J connectivity index is 2.62. The summed E-state index contributed by atoms with van der Waals surface area (Å²) >= 11 is 0. The molecular formula is C13H20N2O. The van der Waals surface area contributed by atoms with Gasteiger partial charge in [0.05, 0.1) is 5.92 Å². The minimum atomic E-state index is -0.0918. The molecule has 3 nitrogen and oxygen atoms in total. The molecule has 1 unspecified atom stereocenters. The van der Waals surface area contributed by atoms with Gasteiger partial charge in [0.25, 0.3) is 0 Å². The van der Waals surface area contributed by atoms with Gasteiger partial charge in [-0.1, -0.05) is 26.0 Å². The van der Waals surface area contributed by atoms with E-state index in [-0.39, 0.29) is 11.8 Å². The Morgan fingerprint density at radius 2 is 1.94 bits per heavy atom. The van der Waals surface area contributed by atoms with Gasteiger partial charge in [-0.05, 0) is 30.5 Å². The smallest absolute Gasteiger partial charge is 0.228 e. The van der Waals surface area contributed by atoms with Gasteiger partial charge < -0.3 is 11.1 Å². The van der Waals surface area contributed by atoms with Crippen molar-refractivity contribution in [3.8, 4) is 0 Å². The lowest BCUT2D eigenvalue weighted by atomic mass is 10.1. The molecule has 0 aliphatic heterocycles. The number of anilines is 1. The molecule has 0 saturated heterocycles. The fourth-order valence-electron chi connectivity index (χ4n) is 1.53. The summed E-state index contributed by atoms with van der Waals surface area (Å²) in [5.41, 5.74) is 7.63. The normalized spacial score (nSPS) is 12.2. The van der Waals surface area contributed by atoms with E-state index < -0.39 is 0 Å². The summed E-state index contributed by atoms with van der Waals surface area (Å²) in [4.78, 5) is 11.7. The molecule has 3 N–H and O–H groups in total. The Morgan fingerprint density at radius 1 is 1.31 bits per heavy atom. The van der Waals surface area contributed by atoms with Gasteiger partial charge in [0, 0.05) is 12.2 Å². The summed E-state index contributed by atoms with van der Waals surface area (Å²) in [6.45, 7) is 4.47. The van der Waals surface area contributed by atoms with Crippen LogP contribution in [0, 0.1) is 5.92 Å². The van der Waals surface area contributed by atoms with Crippen LogP contribution in [-0.4, -0.2) is 12.5 Å². The van der Waals surface area contributed by atoms with Crippen molar-refractivity contribution >= 4 is 11.6 Å². The van der Waals surface area contributed by atoms with Crippen molar-refractivity contribution in [2.24, 2.45) is 11.7 Å². The Kier molecular flexibility index (Phi) is 4.99. The summed E-state index contributed by atoms with van der Waals surface area (Å²) in [7, 11) is 0. The number of benzene rings is 1. The van der Waals surface area contributed by atoms with Crippen molar-refractivity contribution < 1.29 is 4.79 Å². The SMILES string of the molecule is CCc1ccc(NC(=O)C(CC)CN)cc1. The van der Waals surface area contributed by atoms with Crippen molar-refractivity contribution in [1.82, 2.24) is 0 Å². The molecule has 0 aliphatic carbocycles. The lowest BCUT2D eigenvalue weighted by Gasteiger charge is -2.12. The van der Waals surface area contributed by atoms with Gasteiger partial charge in [0.2, 0.25) is 5.91 Å². The van der Waals surface area contributed by atoms with Crippen LogP contribution in [-0.2, 0) is 11.2 Å². The van der Waals surface area contributed by atoms with Gasteiger partial charge in [-0.25, -0.2) is 0 Å². The first-order valence-corrected chi connectivity index (χ1v) is 5.81. The highest BCUT2D eigenvalue weighted by Crippen LogP contribution is 2.12. The molecule has 1 aromatic carbocycles. The van der Waals surface area contributed by atoms with Crippen molar-refractivity contribution in [3.05, 3.63) is 29.8 Å². The lowest BCUT2D eigenvalue weighted by Crippen LogP contribution is -2.28. The predicted molar refractivity (Wildman–Crippen MR) is 67.3 cm³/mol. The highest BCUT2D eigenvalue weighted by atomic mass is 16.1. The van der Waals surface area contributed by atoms with Crippen molar-refractivity contribution in [2.75, 3.05) is 11.9 Å². The standard InChI is InChI=1S/C13H20N2O/c1-3-10-5-7-12(8-6-10)15-13(16)11(4-2)9-14/h5-8,11H,3-4,9,14H2,1-2H3,(H,15,16). The second-order valence-corrected chi connectivity index (χ2v) is 3.88. The molecule has 0 radical (unpaired) electrons. The fraction of sp³-hybridized carbons (Fsp3) is 0.462. The second kappa shape index (κ2) is 6.28. The largest absolute Gasteiger partial charge is 0.330 e. The van der Waals surface area contributed by atoms with Crippen LogP contribution in [0.3, 0.4) is 0 Å². The number of carbonyl (C=O) groups is 1. The van der Waals surface area contributed by atoms with Crippen LogP contribution >= 0.6 is 0 Å². The van der Waals surface area contributed by atoms with Crippen LogP contribution in [0.15, 0.2) is 24.3 Å². The number of carbonyl (C=O) groups excluding carboxylic acids is 1. The summed E-state index contributed by atoms with van der Waals surface area (Å²) in [6.07, 6.45) is 1.78. The van der Waals surface area contributed by atoms with Crippen LogP contribution in [0.4, 0.5) is 5.69 Å². The van der Waals surface area contributed by atoms with Crippen molar-refractivity contribution in [2.45, 2.75) is 26.7 Å². The molecule has 88 valence electrons. The van der Waals surface area contributed by atoms with Crippen molar-refractivity contribution in [1.29, 1.82) is 0 Å². The minimum Gasteiger partial charge on any atom is -0.330 e. The molecule has 1 rings (SSSR count). The van der Waals surface area contributed by atoms with Crippen LogP contribution in [0.1, 0.15) is 25.8 Å². The second-order valence-electron chi connectivity index (χ2n) is 3.88. The van der Waals surface area contributed by atoms with E-state index in [1.54, 1.807) is 0 Å². The van der Waals surface area contributed by atoms with Crippen molar-refractivity contribution in [3.63, 3.8) is 0 Å². The number of hydrogen-bond acceptors (Lipinski definition) is 2. The summed E-state index contributed by atoms with van der Waals surface area (Å²) < 4.78 is 0. The van der Waals surface area contributed by atoms with Crippen LogP contribution < -0.4 is 11.1 Å². The third-order valence-electron chi connectivity index (χ3n) is 2.78. The molecule has 1 aromatic rings. The molecule has 1 atom stereocenters. The Bertz CT molecular complexity index is 328. The zero-order chi connectivity index (χ0) is 12.0. The van der Waals surface area contributed by atoms with E-state index in [0.717, 1.165) is 18.5 Å². The molecular weight excluding hydrogens is 200 g/mol. The van der Waals surface area contributed by atoms with Gasteiger partial charge in [0.1, 0.15) is 0 Å². The number of nitrogens with one attached hydrogen (secondary N) is 1. The van der Waals surface area contributed by atoms with E-state index in [1.807, 2.05) is 31.2 Å². The molecule has 0 saturated carbocycles. The number of nitrogens with two attached hydrogens (primary N) is 1. The topological polar surface area (TPSA) is 55.1 Å². The Hall–Kier alpha value is -1.35. The van der Waals surface area contributed by atoms with E-state index >= 15 is 0 Å². The predicted octanol–water partition coefficient (Wildman–Crippen LogP) is 2.17. The maximum atomic E-state index is 11.7. The first kappa shape index (κ1) is 12.7. The van der Waals surface area contributed by atoms with Crippen LogP contribution in [0.5, 0.6) is 0 Å².